The summed E-state index contributed by atoms with van der Waals surface area (Å²) in [5.41, 5.74) is 1.39. The number of carbonyl (C=O) groups is 3. The lowest BCUT2D eigenvalue weighted by molar-refractivity contribution is -0.137. The van der Waals surface area contributed by atoms with Gasteiger partial charge >= 0.3 is 18.0 Å². The normalized spacial score (nSPS) is 13.7. The Labute approximate surface area is 187 Å². The average Bonchev–Trinajstić information content (AvgIpc) is 3.32. The van der Waals surface area contributed by atoms with E-state index in [1.54, 1.807) is 29.2 Å². The highest BCUT2D eigenvalue weighted by Gasteiger charge is 2.30. The molecule has 0 saturated carbocycles. The van der Waals surface area contributed by atoms with E-state index in [0.717, 1.165) is 38.1 Å². The van der Waals surface area contributed by atoms with E-state index < -0.39 is 23.6 Å². The third-order valence-electron chi connectivity index (χ3n) is 4.71. The second-order valence-electron chi connectivity index (χ2n) is 7.18. The molecule has 0 unspecified atom stereocenters. The Kier molecular flexibility index (Phi) is 7.65. The third-order valence-corrected chi connectivity index (χ3v) is 4.71. The van der Waals surface area contributed by atoms with E-state index in [4.69, 9.17) is 4.74 Å². The SMILES string of the molecule is O=C(N/N=C\c1cccc(OCC(=O)N2CCCC2)c1)C(=O)Nc1cccc(C(F)(F)F)c1. The summed E-state index contributed by atoms with van der Waals surface area (Å²) in [6.45, 7) is 1.37. The van der Waals surface area contributed by atoms with Crippen molar-refractivity contribution in [2.24, 2.45) is 5.10 Å². The van der Waals surface area contributed by atoms with Crippen molar-refractivity contribution in [3.63, 3.8) is 0 Å². The molecule has 0 radical (unpaired) electrons. The van der Waals surface area contributed by atoms with Crippen LogP contribution in [0.15, 0.2) is 53.6 Å². The number of hydrogen-bond donors (Lipinski definition) is 2. The molecule has 0 spiro atoms. The number of amides is 3. The minimum absolute atomic E-state index is 0.0902. The van der Waals surface area contributed by atoms with E-state index in [1.165, 1.54) is 12.3 Å². The Bertz CT molecular complexity index is 1050. The summed E-state index contributed by atoms with van der Waals surface area (Å²) in [6, 6.07) is 10.5. The maximum Gasteiger partial charge on any atom is 0.416 e. The number of halogens is 3. The lowest BCUT2D eigenvalue weighted by atomic mass is 10.2. The molecule has 3 rings (SSSR count). The number of rotatable bonds is 6. The van der Waals surface area contributed by atoms with Gasteiger partial charge < -0.3 is 15.0 Å². The number of benzene rings is 2. The number of ether oxygens (including phenoxy) is 1. The van der Waals surface area contributed by atoms with Gasteiger partial charge in [-0.15, -0.1) is 0 Å². The number of carbonyl (C=O) groups excluding carboxylic acids is 3. The van der Waals surface area contributed by atoms with Gasteiger partial charge in [0.2, 0.25) is 0 Å². The molecule has 2 aromatic rings. The van der Waals surface area contributed by atoms with Crippen molar-refractivity contribution in [2.45, 2.75) is 19.0 Å². The quantitative estimate of drug-likeness (QED) is 0.392. The minimum Gasteiger partial charge on any atom is -0.484 e. The van der Waals surface area contributed by atoms with Crippen LogP contribution in [-0.2, 0) is 20.6 Å². The molecular formula is C22H21F3N4O4. The molecule has 1 fully saturated rings. The van der Waals surface area contributed by atoms with Gasteiger partial charge in [0.25, 0.3) is 5.91 Å². The minimum atomic E-state index is -4.58. The molecule has 33 heavy (non-hydrogen) atoms. The van der Waals surface area contributed by atoms with Crippen LogP contribution in [-0.4, -0.2) is 48.5 Å². The monoisotopic (exact) mass is 462 g/mol. The lowest BCUT2D eigenvalue weighted by Crippen LogP contribution is -2.32. The maximum atomic E-state index is 12.7. The van der Waals surface area contributed by atoms with Crippen molar-refractivity contribution in [1.29, 1.82) is 0 Å². The molecule has 3 amide bonds. The summed E-state index contributed by atoms with van der Waals surface area (Å²) in [5.74, 6) is -2.00. The number of hydrazone groups is 1. The molecule has 1 aliphatic rings. The number of alkyl halides is 3. The Morgan fingerprint density at radius 3 is 2.48 bits per heavy atom. The summed E-state index contributed by atoms with van der Waals surface area (Å²) >= 11 is 0. The molecule has 1 heterocycles. The number of nitrogens with zero attached hydrogens (tertiary/aromatic N) is 2. The molecule has 0 aromatic heterocycles. The molecule has 8 nitrogen and oxygen atoms in total. The van der Waals surface area contributed by atoms with Crippen molar-refractivity contribution in [2.75, 3.05) is 25.0 Å². The van der Waals surface area contributed by atoms with Gasteiger partial charge in [0.15, 0.2) is 6.61 Å². The van der Waals surface area contributed by atoms with Crippen LogP contribution in [0, 0.1) is 0 Å². The van der Waals surface area contributed by atoms with Crippen LogP contribution >= 0.6 is 0 Å². The van der Waals surface area contributed by atoms with Gasteiger partial charge in [-0.05, 0) is 48.7 Å². The zero-order chi connectivity index (χ0) is 23.8. The van der Waals surface area contributed by atoms with Crippen LogP contribution in [0.25, 0.3) is 0 Å². The van der Waals surface area contributed by atoms with E-state index in [0.29, 0.717) is 17.4 Å². The first kappa shape index (κ1) is 23.8. The zero-order valence-electron chi connectivity index (χ0n) is 17.4. The lowest BCUT2D eigenvalue weighted by Gasteiger charge is -2.15. The topological polar surface area (TPSA) is 100 Å². The van der Waals surface area contributed by atoms with Crippen LogP contribution in [0.2, 0.25) is 0 Å². The van der Waals surface area contributed by atoms with Crippen molar-refractivity contribution in [1.82, 2.24) is 10.3 Å². The number of nitrogens with one attached hydrogen (secondary N) is 2. The van der Waals surface area contributed by atoms with Crippen LogP contribution < -0.4 is 15.5 Å². The Morgan fingerprint density at radius 1 is 1.03 bits per heavy atom. The van der Waals surface area contributed by atoms with Crippen molar-refractivity contribution in [3.8, 4) is 5.75 Å². The number of anilines is 1. The second-order valence-corrected chi connectivity index (χ2v) is 7.18. The number of likely N-dealkylation sites (tertiary alicyclic amines) is 1. The van der Waals surface area contributed by atoms with Crippen LogP contribution in [0.5, 0.6) is 5.75 Å². The fourth-order valence-electron chi connectivity index (χ4n) is 3.06. The molecule has 2 N–H and O–H groups in total. The third kappa shape index (κ3) is 7.06. The fourth-order valence-corrected chi connectivity index (χ4v) is 3.06. The number of hydrogen-bond acceptors (Lipinski definition) is 5. The first-order chi connectivity index (χ1) is 15.7. The van der Waals surface area contributed by atoms with Gasteiger partial charge in [-0.3, -0.25) is 14.4 Å². The predicted octanol–water partition coefficient (Wildman–Crippen LogP) is 2.80. The average molecular weight is 462 g/mol. The van der Waals surface area contributed by atoms with Crippen molar-refractivity contribution in [3.05, 3.63) is 59.7 Å². The highest BCUT2D eigenvalue weighted by Crippen LogP contribution is 2.30. The molecule has 174 valence electrons. The highest BCUT2D eigenvalue weighted by atomic mass is 19.4. The van der Waals surface area contributed by atoms with Gasteiger partial charge in [-0.2, -0.15) is 18.3 Å². The maximum absolute atomic E-state index is 12.7. The molecule has 1 aliphatic heterocycles. The van der Waals surface area contributed by atoms with E-state index >= 15 is 0 Å². The predicted molar refractivity (Wildman–Crippen MR) is 114 cm³/mol. The molecule has 2 aromatic carbocycles. The molecule has 0 atom stereocenters. The summed E-state index contributed by atoms with van der Waals surface area (Å²) in [4.78, 5) is 37.5. The van der Waals surface area contributed by atoms with E-state index in [9.17, 15) is 27.6 Å². The van der Waals surface area contributed by atoms with Gasteiger partial charge in [-0.25, -0.2) is 5.43 Å². The van der Waals surface area contributed by atoms with E-state index in [2.05, 4.69) is 10.4 Å². The van der Waals surface area contributed by atoms with Crippen LogP contribution in [0.4, 0.5) is 18.9 Å². The fraction of sp³-hybridized carbons (Fsp3) is 0.273. The second kappa shape index (κ2) is 10.6. The van der Waals surface area contributed by atoms with Gasteiger partial charge in [0.05, 0.1) is 11.8 Å². The van der Waals surface area contributed by atoms with Gasteiger partial charge in [0.1, 0.15) is 5.75 Å². The summed E-state index contributed by atoms with van der Waals surface area (Å²) < 4.78 is 43.7. The zero-order valence-corrected chi connectivity index (χ0v) is 17.4. The van der Waals surface area contributed by atoms with Crippen molar-refractivity contribution >= 4 is 29.6 Å². The molecular weight excluding hydrogens is 441 g/mol. The Balaban J connectivity index is 1.50. The van der Waals surface area contributed by atoms with Crippen LogP contribution in [0.3, 0.4) is 0 Å². The first-order valence-electron chi connectivity index (χ1n) is 10.0. The highest BCUT2D eigenvalue weighted by molar-refractivity contribution is 6.39. The molecule has 0 aliphatic carbocycles. The van der Waals surface area contributed by atoms with Crippen LogP contribution in [0.1, 0.15) is 24.0 Å². The largest absolute Gasteiger partial charge is 0.484 e. The molecule has 11 heteroatoms. The van der Waals surface area contributed by atoms with Crippen molar-refractivity contribution < 1.29 is 32.3 Å². The summed E-state index contributed by atoms with van der Waals surface area (Å²) in [7, 11) is 0. The summed E-state index contributed by atoms with van der Waals surface area (Å²) in [6.07, 6.45) is -1.35. The van der Waals surface area contributed by atoms with Gasteiger partial charge in [0, 0.05) is 18.8 Å². The van der Waals surface area contributed by atoms with E-state index in [1.807, 2.05) is 5.43 Å². The standard InChI is InChI=1S/C22H21F3N4O4/c23-22(24,25)16-6-4-7-17(12-16)27-20(31)21(32)28-26-13-15-5-3-8-18(11-15)33-14-19(30)29-9-1-2-10-29/h3-8,11-13H,1-2,9-10,14H2,(H,27,31)(H,28,32)/b26-13-. The molecule has 0 bridgehead atoms. The summed E-state index contributed by atoms with van der Waals surface area (Å²) in [5, 5.41) is 5.75. The van der Waals surface area contributed by atoms with Gasteiger partial charge in [-0.1, -0.05) is 18.2 Å². The Morgan fingerprint density at radius 2 is 1.76 bits per heavy atom. The first-order valence-corrected chi connectivity index (χ1v) is 10.0. The Hall–Kier alpha value is -3.89. The molecule has 1 saturated heterocycles. The van der Waals surface area contributed by atoms with E-state index in [-0.39, 0.29) is 18.2 Å². The smallest absolute Gasteiger partial charge is 0.416 e.